The summed E-state index contributed by atoms with van der Waals surface area (Å²) >= 11 is 0. The van der Waals surface area contributed by atoms with Gasteiger partial charge in [0.05, 0.1) is 12.3 Å². The van der Waals surface area contributed by atoms with E-state index in [1.807, 2.05) is 30.3 Å². The highest BCUT2D eigenvalue weighted by molar-refractivity contribution is 6.01. The number of oxime groups is 1. The van der Waals surface area contributed by atoms with E-state index in [-0.39, 0.29) is 18.5 Å². The van der Waals surface area contributed by atoms with Gasteiger partial charge in [0.1, 0.15) is 5.82 Å². The van der Waals surface area contributed by atoms with Crippen LogP contribution >= 0.6 is 0 Å². The number of nitrogens with one attached hydrogen (secondary N) is 1. The summed E-state index contributed by atoms with van der Waals surface area (Å²) in [7, 11) is 1.45. The van der Waals surface area contributed by atoms with Gasteiger partial charge in [-0.3, -0.25) is 5.21 Å². The second-order valence-corrected chi connectivity index (χ2v) is 6.05. The average molecular weight is 369 g/mol. The van der Waals surface area contributed by atoms with Crippen LogP contribution in [-0.2, 0) is 4.84 Å². The van der Waals surface area contributed by atoms with Gasteiger partial charge < -0.3 is 10.2 Å². The van der Waals surface area contributed by atoms with E-state index in [0.717, 1.165) is 22.4 Å². The molecule has 1 heterocycles. The summed E-state index contributed by atoms with van der Waals surface area (Å²) in [5.41, 5.74) is 3.52. The molecule has 140 valence electrons. The second-order valence-electron chi connectivity index (χ2n) is 6.05. The number of hydrogen-bond donors (Lipinski definition) is 2. The van der Waals surface area contributed by atoms with Gasteiger partial charge >= 0.3 is 6.03 Å². The molecule has 7 heteroatoms. The molecule has 0 saturated carbocycles. The van der Waals surface area contributed by atoms with E-state index in [1.54, 1.807) is 18.2 Å². The minimum Gasteiger partial charge on any atom is -0.387 e. The lowest BCUT2D eigenvalue weighted by molar-refractivity contribution is -0.0318. The number of amides is 2. The quantitative estimate of drug-likeness (QED) is 0.623. The highest BCUT2D eigenvalue weighted by Gasteiger charge is 2.23. The molecule has 2 aromatic rings. The van der Waals surface area contributed by atoms with Crippen molar-refractivity contribution in [1.29, 1.82) is 0 Å². The number of benzene rings is 2. The molecule has 2 amide bonds. The van der Waals surface area contributed by atoms with Crippen molar-refractivity contribution in [2.45, 2.75) is 12.5 Å². The van der Waals surface area contributed by atoms with Gasteiger partial charge in [0.15, 0.2) is 6.10 Å². The fourth-order valence-electron chi connectivity index (χ4n) is 2.73. The Morgan fingerprint density at radius 2 is 2.15 bits per heavy atom. The molecule has 27 heavy (non-hydrogen) atoms. The summed E-state index contributed by atoms with van der Waals surface area (Å²) < 4.78 is 13.1. The molecule has 0 bridgehead atoms. The number of halogens is 1. The summed E-state index contributed by atoms with van der Waals surface area (Å²) in [5.74, 6) is -0.282. The van der Waals surface area contributed by atoms with Crippen LogP contribution in [0.3, 0.4) is 0 Å². The summed E-state index contributed by atoms with van der Waals surface area (Å²) in [6.07, 6.45) is 3.86. The number of rotatable bonds is 5. The Morgan fingerprint density at radius 1 is 1.37 bits per heavy atom. The maximum absolute atomic E-state index is 13.1. The Kier molecular flexibility index (Phi) is 5.83. The lowest BCUT2D eigenvalue weighted by Crippen LogP contribution is -2.35. The molecule has 0 aliphatic carbocycles. The summed E-state index contributed by atoms with van der Waals surface area (Å²) in [4.78, 5) is 16.7. The van der Waals surface area contributed by atoms with Gasteiger partial charge in [-0.25, -0.2) is 14.2 Å². The van der Waals surface area contributed by atoms with Crippen molar-refractivity contribution in [2.24, 2.45) is 5.16 Å². The van der Waals surface area contributed by atoms with Crippen LogP contribution in [0.4, 0.5) is 9.18 Å². The third-order valence-electron chi connectivity index (χ3n) is 4.17. The third kappa shape index (κ3) is 4.71. The minimum absolute atomic E-state index is 0.0700. The molecule has 0 spiro atoms. The minimum atomic E-state index is -0.572. The van der Waals surface area contributed by atoms with Crippen LogP contribution in [0.5, 0.6) is 0 Å². The standard InChI is InChI=1S/C20H20FN3O3/c1-22-20(25)24(26)11-3-5-14-4-2-6-16(12-14)18-13-19(27-23-18)15-7-9-17(21)10-8-15/h2-10,12,19,26H,11,13H2,1H3,(H,22,25)/b5-3-. The largest absolute Gasteiger partial charge is 0.387 e. The zero-order valence-electron chi connectivity index (χ0n) is 14.8. The predicted molar refractivity (Wildman–Crippen MR) is 99.8 cm³/mol. The molecular weight excluding hydrogens is 349 g/mol. The van der Waals surface area contributed by atoms with Gasteiger partial charge in [-0.15, -0.1) is 0 Å². The van der Waals surface area contributed by atoms with Gasteiger partial charge in [0, 0.05) is 19.0 Å². The Labute approximate surface area is 156 Å². The average Bonchev–Trinajstić information content (AvgIpc) is 3.18. The van der Waals surface area contributed by atoms with Crippen LogP contribution in [0.15, 0.2) is 59.8 Å². The Morgan fingerprint density at radius 3 is 2.89 bits per heavy atom. The molecule has 2 aromatic carbocycles. The summed E-state index contributed by atoms with van der Waals surface area (Å²) in [6, 6.07) is 13.3. The fraction of sp³-hybridized carbons (Fsp3) is 0.200. The van der Waals surface area contributed by atoms with Crippen molar-refractivity contribution in [3.05, 3.63) is 77.1 Å². The van der Waals surface area contributed by atoms with Crippen LogP contribution in [0.2, 0.25) is 0 Å². The molecule has 1 aliphatic rings. The molecule has 6 nitrogen and oxygen atoms in total. The monoisotopic (exact) mass is 369 g/mol. The number of urea groups is 1. The Hall–Kier alpha value is -3.19. The van der Waals surface area contributed by atoms with Gasteiger partial charge in [-0.1, -0.05) is 47.6 Å². The number of hydrogen-bond acceptors (Lipinski definition) is 4. The molecular formula is C20H20FN3O3. The first-order chi connectivity index (χ1) is 13.1. The molecule has 1 aliphatic heterocycles. The molecule has 0 saturated heterocycles. The molecule has 3 rings (SSSR count). The molecule has 2 N–H and O–H groups in total. The maximum Gasteiger partial charge on any atom is 0.341 e. The van der Waals surface area contributed by atoms with Crippen molar-refractivity contribution in [3.8, 4) is 0 Å². The van der Waals surface area contributed by atoms with Crippen LogP contribution < -0.4 is 5.32 Å². The van der Waals surface area contributed by atoms with Gasteiger partial charge in [0.25, 0.3) is 0 Å². The fourth-order valence-corrected chi connectivity index (χ4v) is 2.73. The summed E-state index contributed by atoms with van der Waals surface area (Å²) in [5, 5.41) is 16.6. The highest BCUT2D eigenvalue weighted by Crippen LogP contribution is 2.29. The molecule has 1 unspecified atom stereocenters. The Balaban J connectivity index is 1.64. The molecule has 0 fully saturated rings. The van der Waals surface area contributed by atoms with E-state index < -0.39 is 6.03 Å². The van der Waals surface area contributed by atoms with Crippen molar-refractivity contribution in [1.82, 2.24) is 10.4 Å². The molecule has 0 radical (unpaired) electrons. The lowest BCUT2D eigenvalue weighted by atomic mass is 9.99. The van der Waals surface area contributed by atoms with Crippen LogP contribution in [-0.4, -0.2) is 35.6 Å². The smallest absolute Gasteiger partial charge is 0.341 e. The zero-order chi connectivity index (χ0) is 19.2. The van der Waals surface area contributed by atoms with Gasteiger partial charge in [-0.2, -0.15) is 0 Å². The van der Waals surface area contributed by atoms with Crippen molar-refractivity contribution in [3.63, 3.8) is 0 Å². The normalized spacial score (nSPS) is 16.1. The summed E-state index contributed by atoms with van der Waals surface area (Å²) in [6.45, 7) is 0.0700. The SMILES string of the molecule is CNC(=O)N(O)C/C=C\c1cccc(C2=NOC(c3ccc(F)cc3)C2)c1. The van der Waals surface area contributed by atoms with Crippen LogP contribution in [0, 0.1) is 5.82 Å². The maximum atomic E-state index is 13.1. The number of carbonyl (C=O) groups excluding carboxylic acids is 1. The van der Waals surface area contributed by atoms with Crippen molar-refractivity contribution < 1.29 is 19.2 Å². The predicted octanol–water partition coefficient (Wildman–Crippen LogP) is 3.74. The Bertz CT molecular complexity index is 865. The molecule has 1 atom stereocenters. The van der Waals surface area contributed by atoms with Crippen LogP contribution in [0.25, 0.3) is 6.08 Å². The molecule has 0 aromatic heterocycles. The van der Waals surface area contributed by atoms with E-state index in [9.17, 15) is 14.4 Å². The van der Waals surface area contributed by atoms with Crippen molar-refractivity contribution in [2.75, 3.05) is 13.6 Å². The number of carbonyl (C=O) groups is 1. The van der Waals surface area contributed by atoms with E-state index in [2.05, 4.69) is 10.5 Å². The topological polar surface area (TPSA) is 74.2 Å². The van der Waals surface area contributed by atoms with E-state index in [1.165, 1.54) is 19.2 Å². The van der Waals surface area contributed by atoms with Gasteiger partial charge in [0.2, 0.25) is 0 Å². The van der Waals surface area contributed by atoms with Gasteiger partial charge in [-0.05, 0) is 29.3 Å². The zero-order valence-corrected chi connectivity index (χ0v) is 14.8. The second kappa shape index (κ2) is 8.46. The number of nitrogens with zero attached hydrogens (tertiary/aromatic N) is 2. The first kappa shape index (κ1) is 18.6. The van der Waals surface area contributed by atoms with Crippen molar-refractivity contribution >= 4 is 17.8 Å². The van der Waals surface area contributed by atoms with Crippen LogP contribution in [0.1, 0.15) is 29.2 Å². The van der Waals surface area contributed by atoms with E-state index >= 15 is 0 Å². The highest BCUT2D eigenvalue weighted by atomic mass is 19.1. The lowest BCUT2D eigenvalue weighted by Gasteiger charge is -2.11. The third-order valence-corrected chi connectivity index (χ3v) is 4.17. The first-order valence-corrected chi connectivity index (χ1v) is 8.50. The van der Waals surface area contributed by atoms with E-state index in [4.69, 9.17) is 4.84 Å². The number of hydroxylamine groups is 2. The first-order valence-electron chi connectivity index (χ1n) is 8.50. The van der Waals surface area contributed by atoms with E-state index in [0.29, 0.717) is 11.5 Å².